The summed E-state index contributed by atoms with van der Waals surface area (Å²) in [6.45, 7) is -0.539. The molecule has 0 fully saturated rings. The number of halogens is 2. The molecule has 0 radical (unpaired) electrons. The number of ether oxygens (including phenoxy) is 1. The Morgan fingerprint density at radius 1 is 1.33 bits per heavy atom. The van der Waals surface area contributed by atoms with Gasteiger partial charge in [0.25, 0.3) is 5.91 Å². The number of nitrogens with zero attached hydrogens (tertiary/aromatic N) is 4. The van der Waals surface area contributed by atoms with E-state index in [2.05, 4.69) is 48.2 Å². The summed E-state index contributed by atoms with van der Waals surface area (Å²) >= 11 is 8.34. The van der Waals surface area contributed by atoms with Gasteiger partial charge < -0.3 is 25.6 Å². The van der Waals surface area contributed by atoms with Crippen molar-refractivity contribution in [3.05, 3.63) is 45.0 Å². The van der Waals surface area contributed by atoms with Gasteiger partial charge in [0.1, 0.15) is 0 Å². The fourth-order valence-electron chi connectivity index (χ4n) is 2.79. The van der Waals surface area contributed by atoms with Crippen LogP contribution >= 0.6 is 34.2 Å². The largest absolute Gasteiger partial charge is 0.393 e. The van der Waals surface area contributed by atoms with Gasteiger partial charge in [0, 0.05) is 17.2 Å². The van der Waals surface area contributed by atoms with Crippen molar-refractivity contribution in [2.75, 3.05) is 25.6 Å². The summed E-state index contributed by atoms with van der Waals surface area (Å²) < 4.78 is 8.11. The van der Waals surface area contributed by atoms with E-state index in [9.17, 15) is 15.0 Å². The number of carbonyl (C=O) groups is 1. The molecule has 0 aliphatic rings. The Hall–Kier alpha value is -2.06. The SMILES string of the molecule is CNC(=O)[C@H](CO)O[C@H](CO)n1cnc2c(NCc3cccc(I)c3)nc(Cl)nc21. The van der Waals surface area contributed by atoms with Crippen molar-refractivity contribution in [3.8, 4) is 0 Å². The standard InChI is InChI=1S/C18H20ClIN6O4/c1-21-17(29)12(7-27)30-13(8-28)26-9-23-14-15(24-18(19)25-16(14)26)22-6-10-3-2-4-11(20)5-10/h2-5,9,12-13,27-28H,6-8H2,1H3,(H,21,29)(H,22,24,25)/t12-,13+/m0/s1. The lowest BCUT2D eigenvalue weighted by Crippen LogP contribution is -2.39. The molecule has 2 heterocycles. The van der Waals surface area contributed by atoms with Crippen LogP contribution in [0.25, 0.3) is 11.2 Å². The molecule has 10 nitrogen and oxygen atoms in total. The fraction of sp³-hybridized carbons (Fsp3) is 0.333. The Morgan fingerprint density at radius 2 is 2.13 bits per heavy atom. The number of amides is 1. The Morgan fingerprint density at radius 3 is 2.80 bits per heavy atom. The highest BCUT2D eigenvalue weighted by atomic mass is 127. The average molecular weight is 547 g/mol. The maximum Gasteiger partial charge on any atom is 0.251 e. The molecule has 0 bridgehead atoms. The van der Waals surface area contributed by atoms with Gasteiger partial charge in [-0.2, -0.15) is 9.97 Å². The lowest BCUT2D eigenvalue weighted by molar-refractivity contribution is -0.148. The van der Waals surface area contributed by atoms with E-state index in [1.807, 2.05) is 24.3 Å². The third-order valence-corrected chi connectivity index (χ3v) is 5.08. The van der Waals surface area contributed by atoms with Crippen LogP contribution in [0.2, 0.25) is 5.28 Å². The van der Waals surface area contributed by atoms with Crippen LogP contribution in [0.5, 0.6) is 0 Å². The van der Waals surface area contributed by atoms with Gasteiger partial charge in [-0.05, 0) is 51.9 Å². The lowest BCUT2D eigenvalue weighted by Gasteiger charge is -2.22. The van der Waals surface area contributed by atoms with Gasteiger partial charge in [0.2, 0.25) is 5.28 Å². The van der Waals surface area contributed by atoms with Crippen LogP contribution in [0.1, 0.15) is 11.8 Å². The zero-order valence-corrected chi connectivity index (χ0v) is 18.8. The third kappa shape index (κ3) is 5.16. The van der Waals surface area contributed by atoms with Gasteiger partial charge in [-0.1, -0.05) is 12.1 Å². The van der Waals surface area contributed by atoms with E-state index >= 15 is 0 Å². The van der Waals surface area contributed by atoms with Crippen LogP contribution in [0.4, 0.5) is 5.82 Å². The number of fused-ring (bicyclic) bond motifs is 1. The molecular formula is C18H20ClIN6O4. The van der Waals surface area contributed by atoms with Gasteiger partial charge in [0.05, 0.1) is 19.5 Å². The van der Waals surface area contributed by atoms with Gasteiger partial charge in [-0.15, -0.1) is 0 Å². The first kappa shape index (κ1) is 22.6. The van der Waals surface area contributed by atoms with Crippen molar-refractivity contribution in [2.24, 2.45) is 0 Å². The van der Waals surface area contributed by atoms with Crippen molar-refractivity contribution in [2.45, 2.75) is 18.9 Å². The summed E-state index contributed by atoms with van der Waals surface area (Å²) in [7, 11) is 1.42. The first-order valence-electron chi connectivity index (χ1n) is 8.94. The van der Waals surface area contributed by atoms with Gasteiger partial charge >= 0.3 is 0 Å². The number of hydrogen-bond acceptors (Lipinski definition) is 8. The number of carbonyl (C=O) groups excluding carboxylic acids is 1. The Bertz CT molecular complexity index is 1030. The molecule has 1 amide bonds. The number of imidazole rings is 1. The Balaban J connectivity index is 1.89. The molecule has 1 aromatic carbocycles. The zero-order chi connectivity index (χ0) is 21.7. The molecule has 2 aromatic heterocycles. The third-order valence-electron chi connectivity index (χ3n) is 4.24. The second-order valence-corrected chi connectivity index (χ2v) is 7.79. The predicted molar refractivity (Wildman–Crippen MR) is 119 cm³/mol. The molecular weight excluding hydrogens is 527 g/mol. The van der Waals surface area contributed by atoms with E-state index in [4.69, 9.17) is 16.3 Å². The second kappa shape index (κ2) is 10.3. The molecule has 12 heteroatoms. The average Bonchev–Trinajstić information content (AvgIpc) is 3.16. The minimum absolute atomic E-state index is 0.0175. The first-order valence-corrected chi connectivity index (χ1v) is 10.4. The quantitative estimate of drug-likeness (QED) is 0.233. The molecule has 2 atom stereocenters. The van der Waals surface area contributed by atoms with E-state index < -0.39 is 31.5 Å². The van der Waals surface area contributed by atoms with E-state index in [-0.39, 0.29) is 5.28 Å². The van der Waals surface area contributed by atoms with E-state index in [0.717, 1.165) is 9.13 Å². The number of rotatable bonds is 9. The molecule has 3 rings (SSSR count). The van der Waals surface area contributed by atoms with Crippen molar-refractivity contribution >= 4 is 57.1 Å². The fourth-order valence-corrected chi connectivity index (χ4v) is 3.56. The van der Waals surface area contributed by atoms with Gasteiger partial charge in [-0.3, -0.25) is 9.36 Å². The van der Waals surface area contributed by atoms with Crippen molar-refractivity contribution in [1.29, 1.82) is 0 Å². The molecule has 0 saturated heterocycles. The maximum atomic E-state index is 11.8. The monoisotopic (exact) mass is 546 g/mol. The summed E-state index contributed by atoms with van der Waals surface area (Å²) in [5.41, 5.74) is 1.79. The molecule has 4 N–H and O–H groups in total. The van der Waals surface area contributed by atoms with Gasteiger partial charge in [0.15, 0.2) is 29.3 Å². The molecule has 3 aromatic rings. The number of hydrogen-bond donors (Lipinski definition) is 4. The van der Waals surface area contributed by atoms with Crippen LogP contribution in [-0.2, 0) is 16.1 Å². The van der Waals surface area contributed by atoms with Crippen molar-refractivity contribution in [1.82, 2.24) is 24.8 Å². The number of benzene rings is 1. The topological polar surface area (TPSA) is 134 Å². The molecule has 0 saturated carbocycles. The van der Waals surface area contributed by atoms with Crippen molar-refractivity contribution < 1.29 is 19.7 Å². The van der Waals surface area contributed by atoms with Gasteiger partial charge in [-0.25, -0.2) is 4.98 Å². The van der Waals surface area contributed by atoms with Crippen molar-refractivity contribution in [3.63, 3.8) is 0 Å². The van der Waals surface area contributed by atoms with E-state index in [0.29, 0.717) is 23.5 Å². The summed E-state index contributed by atoms with van der Waals surface area (Å²) in [5.74, 6) is -0.0998. The van der Waals surface area contributed by atoms with Crippen LogP contribution in [0.3, 0.4) is 0 Å². The highest BCUT2D eigenvalue weighted by Crippen LogP contribution is 2.25. The summed E-state index contributed by atoms with van der Waals surface area (Å²) in [6, 6.07) is 7.98. The Labute approximate surface area is 190 Å². The van der Waals surface area contributed by atoms with E-state index in [1.165, 1.54) is 17.9 Å². The maximum absolute atomic E-state index is 11.8. The number of anilines is 1. The summed E-state index contributed by atoms with van der Waals surface area (Å²) in [6.07, 6.45) is -0.773. The minimum atomic E-state index is -1.17. The molecule has 0 unspecified atom stereocenters. The molecule has 0 spiro atoms. The summed E-state index contributed by atoms with van der Waals surface area (Å²) in [5, 5.41) is 24.8. The second-order valence-electron chi connectivity index (χ2n) is 6.21. The number of nitrogens with one attached hydrogen (secondary N) is 2. The molecule has 160 valence electrons. The first-order chi connectivity index (χ1) is 14.5. The highest BCUT2D eigenvalue weighted by molar-refractivity contribution is 14.1. The highest BCUT2D eigenvalue weighted by Gasteiger charge is 2.25. The molecule has 0 aliphatic carbocycles. The lowest BCUT2D eigenvalue weighted by atomic mass is 10.2. The number of aromatic nitrogens is 4. The van der Waals surface area contributed by atoms with Crippen LogP contribution in [-0.4, -0.2) is 62.0 Å². The Kier molecular flexibility index (Phi) is 7.77. The number of aliphatic hydroxyl groups is 2. The van der Waals surface area contributed by atoms with Crippen LogP contribution in [0, 0.1) is 3.57 Å². The predicted octanol–water partition coefficient (Wildman–Crippen LogP) is 1.31. The minimum Gasteiger partial charge on any atom is -0.393 e. The molecule has 30 heavy (non-hydrogen) atoms. The van der Waals surface area contributed by atoms with Crippen LogP contribution in [0.15, 0.2) is 30.6 Å². The number of likely N-dealkylation sites (N-methyl/N-ethyl adjacent to an activating group) is 1. The normalized spacial score (nSPS) is 13.2. The summed E-state index contributed by atoms with van der Waals surface area (Å²) in [4.78, 5) is 24.5. The molecule has 0 aliphatic heterocycles. The van der Waals surface area contributed by atoms with E-state index in [1.54, 1.807) is 0 Å². The van der Waals surface area contributed by atoms with Crippen LogP contribution < -0.4 is 10.6 Å². The smallest absolute Gasteiger partial charge is 0.251 e. The zero-order valence-electron chi connectivity index (χ0n) is 15.9. The number of aliphatic hydroxyl groups excluding tert-OH is 2.